The Kier molecular flexibility index (Phi) is 3.38. The van der Waals surface area contributed by atoms with Crippen molar-refractivity contribution < 1.29 is 4.74 Å². The van der Waals surface area contributed by atoms with Gasteiger partial charge in [-0.2, -0.15) is 0 Å². The summed E-state index contributed by atoms with van der Waals surface area (Å²) < 4.78 is 6.57. The highest BCUT2D eigenvalue weighted by atomic mass is 79.9. The molecule has 0 aliphatic carbocycles. The van der Waals surface area contributed by atoms with E-state index in [2.05, 4.69) is 20.9 Å². The van der Waals surface area contributed by atoms with Crippen LogP contribution in [0, 0.1) is 0 Å². The summed E-state index contributed by atoms with van der Waals surface area (Å²) in [7, 11) is 0. The van der Waals surface area contributed by atoms with Crippen molar-refractivity contribution in [3.63, 3.8) is 0 Å². The van der Waals surface area contributed by atoms with Crippen molar-refractivity contribution in [3.05, 3.63) is 34.3 Å². The van der Waals surface area contributed by atoms with Crippen molar-refractivity contribution in [2.24, 2.45) is 10.7 Å². The van der Waals surface area contributed by atoms with Crippen LogP contribution in [-0.2, 0) is 4.74 Å². The molecule has 4 heteroatoms. The van der Waals surface area contributed by atoms with Crippen LogP contribution in [0.1, 0.15) is 12.0 Å². The maximum absolute atomic E-state index is 5.53. The predicted molar refractivity (Wildman–Crippen MR) is 64.1 cm³/mol. The summed E-state index contributed by atoms with van der Waals surface area (Å²) in [6, 6.07) is 8.18. The number of aliphatic imine (C=N–C) groups is 1. The third-order valence-corrected chi connectivity index (χ3v) is 2.78. The third-order valence-electron chi connectivity index (χ3n) is 2.28. The molecule has 1 aliphatic rings. The van der Waals surface area contributed by atoms with Gasteiger partial charge in [0.1, 0.15) is 6.61 Å². The third kappa shape index (κ3) is 2.58. The van der Waals surface area contributed by atoms with Crippen LogP contribution in [0.15, 0.2) is 33.7 Å². The van der Waals surface area contributed by atoms with E-state index < -0.39 is 0 Å². The van der Waals surface area contributed by atoms with Gasteiger partial charge < -0.3 is 10.5 Å². The predicted octanol–water partition coefficient (Wildman–Crippen LogP) is 1.94. The van der Waals surface area contributed by atoms with Gasteiger partial charge in [-0.3, -0.25) is 0 Å². The minimum atomic E-state index is 0.226. The van der Waals surface area contributed by atoms with E-state index in [1.807, 2.05) is 24.3 Å². The number of rotatable bonds is 3. The van der Waals surface area contributed by atoms with Gasteiger partial charge in [-0.25, -0.2) is 4.99 Å². The Balaban J connectivity index is 2.15. The molecule has 80 valence electrons. The summed E-state index contributed by atoms with van der Waals surface area (Å²) in [5.41, 5.74) is 6.50. The van der Waals surface area contributed by atoms with Gasteiger partial charge in [-0.15, -0.1) is 0 Å². The van der Waals surface area contributed by atoms with Gasteiger partial charge in [0.05, 0.1) is 6.04 Å². The summed E-state index contributed by atoms with van der Waals surface area (Å²) in [6.07, 6.45) is 0.886. The largest absolute Gasteiger partial charge is 0.475 e. The Labute approximate surface area is 97.5 Å². The van der Waals surface area contributed by atoms with Crippen LogP contribution in [0.5, 0.6) is 0 Å². The first-order valence-electron chi connectivity index (χ1n) is 4.96. The van der Waals surface area contributed by atoms with Crippen LogP contribution in [0.3, 0.4) is 0 Å². The average molecular weight is 269 g/mol. The molecule has 0 spiro atoms. The molecule has 0 bridgehead atoms. The molecule has 2 N–H and O–H groups in total. The van der Waals surface area contributed by atoms with E-state index in [0.29, 0.717) is 13.2 Å². The number of ether oxygens (including phenoxy) is 1. The van der Waals surface area contributed by atoms with Crippen molar-refractivity contribution in [2.75, 3.05) is 13.2 Å². The molecule has 0 saturated heterocycles. The Bertz CT molecular complexity index is 379. The molecule has 1 aliphatic heterocycles. The Morgan fingerprint density at radius 1 is 1.53 bits per heavy atom. The number of halogens is 1. The van der Waals surface area contributed by atoms with Crippen molar-refractivity contribution in [1.29, 1.82) is 0 Å². The second-order valence-electron chi connectivity index (χ2n) is 3.49. The molecule has 0 radical (unpaired) electrons. The Hall–Kier alpha value is -0.870. The first-order chi connectivity index (χ1) is 7.29. The highest BCUT2D eigenvalue weighted by molar-refractivity contribution is 9.10. The standard InChI is InChI=1S/C11H13BrN2O/c12-9-3-1-2-8(6-9)11-14-10(4-5-13)7-15-11/h1-3,6,10H,4-5,7,13H2. The quantitative estimate of drug-likeness (QED) is 0.911. The summed E-state index contributed by atoms with van der Waals surface area (Å²) in [4.78, 5) is 4.48. The Morgan fingerprint density at radius 3 is 3.13 bits per heavy atom. The fourth-order valence-corrected chi connectivity index (χ4v) is 1.93. The zero-order valence-corrected chi connectivity index (χ0v) is 9.90. The van der Waals surface area contributed by atoms with Gasteiger partial charge in [-0.1, -0.05) is 22.0 Å². The normalized spacial score (nSPS) is 19.9. The van der Waals surface area contributed by atoms with Crippen LogP contribution < -0.4 is 5.73 Å². The first kappa shape index (κ1) is 10.6. The van der Waals surface area contributed by atoms with Crippen LogP contribution >= 0.6 is 15.9 Å². The van der Waals surface area contributed by atoms with Crippen LogP contribution in [0.25, 0.3) is 0 Å². The summed E-state index contributed by atoms with van der Waals surface area (Å²) in [5.74, 6) is 0.731. The number of hydrogen-bond donors (Lipinski definition) is 1. The summed E-state index contributed by atoms with van der Waals surface area (Å²) in [5, 5.41) is 0. The lowest BCUT2D eigenvalue weighted by atomic mass is 10.2. The van der Waals surface area contributed by atoms with E-state index in [1.54, 1.807) is 0 Å². The lowest BCUT2D eigenvalue weighted by Gasteiger charge is -2.01. The molecule has 1 aromatic carbocycles. The highest BCUT2D eigenvalue weighted by Crippen LogP contribution is 2.17. The van der Waals surface area contributed by atoms with Crippen molar-refractivity contribution >= 4 is 21.8 Å². The molecule has 1 aromatic rings. The maximum Gasteiger partial charge on any atom is 0.216 e. The Morgan fingerprint density at radius 2 is 2.40 bits per heavy atom. The molecule has 0 fully saturated rings. The zero-order chi connectivity index (χ0) is 10.7. The number of nitrogens with two attached hydrogens (primary N) is 1. The molecular weight excluding hydrogens is 256 g/mol. The van der Waals surface area contributed by atoms with Crippen LogP contribution in [0.4, 0.5) is 0 Å². The number of benzene rings is 1. The van der Waals surface area contributed by atoms with Crippen LogP contribution in [-0.4, -0.2) is 25.1 Å². The van der Waals surface area contributed by atoms with E-state index in [1.165, 1.54) is 0 Å². The zero-order valence-electron chi connectivity index (χ0n) is 8.32. The molecular formula is C11H13BrN2O. The molecule has 0 aromatic heterocycles. The van der Waals surface area contributed by atoms with Crippen molar-refractivity contribution in [1.82, 2.24) is 0 Å². The summed E-state index contributed by atoms with van der Waals surface area (Å²) in [6.45, 7) is 1.31. The van der Waals surface area contributed by atoms with E-state index in [4.69, 9.17) is 10.5 Å². The minimum Gasteiger partial charge on any atom is -0.475 e. The van der Waals surface area contributed by atoms with Gasteiger partial charge in [-0.05, 0) is 31.2 Å². The van der Waals surface area contributed by atoms with E-state index >= 15 is 0 Å². The molecule has 15 heavy (non-hydrogen) atoms. The van der Waals surface area contributed by atoms with Crippen LogP contribution in [0.2, 0.25) is 0 Å². The SMILES string of the molecule is NCCC1COC(c2cccc(Br)c2)=N1. The van der Waals surface area contributed by atoms with Gasteiger partial charge in [0.25, 0.3) is 0 Å². The van der Waals surface area contributed by atoms with E-state index in [9.17, 15) is 0 Å². The topological polar surface area (TPSA) is 47.6 Å². The van der Waals surface area contributed by atoms with Gasteiger partial charge in [0, 0.05) is 10.0 Å². The number of hydrogen-bond acceptors (Lipinski definition) is 3. The molecule has 0 saturated carbocycles. The number of nitrogens with zero attached hydrogens (tertiary/aromatic N) is 1. The monoisotopic (exact) mass is 268 g/mol. The molecule has 1 heterocycles. The highest BCUT2D eigenvalue weighted by Gasteiger charge is 2.19. The second kappa shape index (κ2) is 4.77. The lowest BCUT2D eigenvalue weighted by molar-refractivity contribution is 0.313. The van der Waals surface area contributed by atoms with Gasteiger partial charge in [0.2, 0.25) is 5.90 Å². The van der Waals surface area contributed by atoms with Crippen molar-refractivity contribution in [2.45, 2.75) is 12.5 Å². The molecule has 0 amide bonds. The average Bonchev–Trinajstić information content (AvgIpc) is 2.67. The fraction of sp³-hybridized carbons (Fsp3) is 0.364. The summed E-state index contributed by atoms with van der Waals surface area (Å²) >= 11 is 3.42. The molecule has 3 nitrogen and oxygen atoms in total. The molecule has 2 rings (SSSR count). The molecule has 1 unspecified atom stereocenters. The van der Waals surface area contributed by atoms with E-state index in [0.717, 1.165) is 22.4 Å². The maximum atomic E-state index is 5.53. The van der Waals surface area contributed by atoms with E-state index in [-0.39, 0.29) is 6.04 Å². The molecule has 1 atom stereocenters. The lowest BCUT2D eigenvalue weighted by Crippen LogP contribution is -2.12. The second-order valence-corrected chi connectivity index (χ2v) is 4.40. The van der Waals surface area contributed by atoms with Gasteiger partial charge >= 0.3 is 0 Å². The minimum absolute atomic E-state index is 0.226. The van der Waals surface area contributed by atoms with Gasteiger partial charge in [0.15, 0.2) is 0 Å². The van der Waals surface area contributed by atoms with Crippen molar-refractivity contribution in [3.8, 4) is 0 Å². The fourth-order valence-electron chi connectivity index (χ4n) is 1.54. The first-order valence-corrected chi connectivity index (χ1v) is 5.75. The smallest absolute Gasteiger partial charge is 0.216 e.